The van der Waals surface area contributed by atoms with Crippen LogP contribution in [0.2, 0.25) is 0 Å². The molecule has 1 atom stereocenters. The Morgan fingerprint density at radius 3 is 2.85 bits per heavy atom. The van der Waals surface area contributed by atoms with Crippen molar-refractivity contribution in [2.45, 2.75) is 32.4 Å². The van der Waals surface area contributed by atoms with Gasteiger partial charge in [-0.1, -0.05) is 30.3 Å². The van der Waals surface area contributed by atoms with Crippen LogP contribution in [0.3, 0.4) is 0 Å². The average Bonchev–Trinajstić information content (AvgIpc) is 3.03. The molecule has 0 saturated heterocycles. The number of carbonyl (C=O) groups is 1. The van der Waals surface area contributed by atoms with Crippen molar-refractivity contribution in [2.24, 2.45) is 0 Å². The lowest BCUT2D eigenvalue weighted by Crippen LogP contribution is -2.38. The maximum absolute atomic E-state index is 13.2. The number of aromatic nitrogens is 2. The fourth-order valence-corrected chi connectivity index (χ4v) is 3.62. The molecule has 0 radical (unpaired) electrons. The minimum Gasteiger partial charge on any atom is -0.392 e. The molecule has 0 bridgehead atoms. The summed E-state index contributed by atoms with van der Waals surface area (Å²) >= 11 is 0. The number of aliphatic hydroxyl groups is 1. The lowest BCUT2D eigenvalue weighted by molar-refractivity contribution is -0.119. The van der Waals surface area contributed by atoms with Gasteiger partial charge in [0.1, 0.15) is 6.54 Å². The Kier molecular flexibility index (Phi) is 4.81. The van der Waals surface area contributed by atoms with Crippen molar-refractivity contribution in [3.05, 3.63) is 54.1 Å². The van der Waals surface area contributed by atoms with E-state index >= 15 is 0 Å². The highest BCUT2D eigenvalue weighted by molar-refractivity contribution is 5.95. The van der Waals surface area contributed by atoms with E-state index in [0.717, 1.165) is 36.1 Å². The van der Waals surface area contributed by atoms with Crippen LogP contribution in [0.1, 0.15) is 18.9 Å². The quantitative estimate of drug-likeness (QED) is 0.730. The fourth-order valence-electron chi connectivity index (χ4n) is 3.62. The van der Waals surface area contributed by atoms with Crippen molar-refractivity contribution < 1.29 is 9.90 Å². The first-order valence-corrected chi connectivity index (χ1v) is 9.39. The Morgan fingerprint density at radius 1 is 1.22 bits per heavy atom. The number of rotatable bonds is 5. The third kappa shape index (κ3) is 3.53. The van der Waals surface area contributed by atoms with E-state index in [1.54, 1.807) is 6.92 Å². The Morgan fingerprint density at radius 2 is 2.00 bits per heavy atom. The first kappa shape index (κ1) is 17.5. The van der Waals surface area contributed by atoms with Crippen LogP contribution < -0.4 is 10.2 Å². The summed E-state index contributed by atoms with van der Waals surface area (Å²) in [5, 5.41) is 12.8. The Balaban J connectivity index is 1.65. The molecule has 1 amide bonds. The molecule has 2 aromatic carbocycles. The van der Waals surface area contributed by atoms with Gasteiger partial charge in [-0.2, -0.15) is 0 Å². The first-order valence-electron chi connectivity index (χ1n) is 9.39. The zero-order valence-electron chi connectivity index (χ0n) is 15.4. The predicted octanol–water partition coefficient (Wildman–Crippen LogP) is 2.81. The largest absolute Gasteiger partial charge is 0.392 e. The summed E-state index contributed by atoms with van der Waals surface area (Å²) in [4.78, 5) is 19.6. The van der Waals surface area contributed by atoms with Crippen LogP contribution in [0.15, 0.2) is 48.5 Å². The van der Waals surface area contributed by atoms with Crippen molar-refractivity contribution in [3.8, 4) is 0 Å². The SMILES string of the molecule is C[C@@H](O)CNc1nc2ccccc2n1CC(=O)N1CCCc2ccccc21. The van der Waals surface area contributed by atoms with Gasteiger partial charge in [-0.3, -0.25) is 4.79 Å². The van der Waals surface area contributed by atoms with Gasteiger partial charge in [0.05, 0.1) is 17.1 Å². The smallest absolute Gasteiger partial charge is 0.247 e. The van der Waals surface area contributed by atoms with Crippen LogP contribution in [0, 0.1) is 0 Å². The molecule has 6 nitrogen and oxygen atoms in total. The maximum atomic E-state index is 13.2. The minimum absolute atomic E-state index is 0.0467. The second-order valence-electron chi connectivity index (χ2n) is 7.02. The zero-order chi connectivity index (χ0) is 18.8. The predicted molar refractivity (Wildman–Crippen MR) is 107 cm³/mol. The highest BCUT2D eigenvalue weighted by Gasteiger charge is 2.24. The molecular formula is C21H24N4O2. The number of amides is 1. The molecular weight excluding hydrogens is 340 g/mol. The standard InChI is InChI=1S/C21H24N4O2/c1-15(26)13-22-21-23-17-9-3-5-11-19(17)25(21)14-20(27)24-12-6-8-16-7-2-4-10-18(16)24/h2-5,7,9-11,15,26H,6,8,12-14H2,1H3,(H,22,23)/t15-/m1/s1. The highest BCUT2D eigenvalue weighted by atomic mass is 16.3. The number of aryl methyl sites for hydroxylation is 1. The third-order valence-electron chi connectivity index (χ3n) is 4.91. The van der Waals surface area contributed by atoms with Crippen LogP contribution in [-0.2, 0) is 17.8 Å². The zero-order valence-corrected chi connectivity index (χ0v) is 15.4. The van der Waals surface area contributed by atoms with Crippen molar-refractivity contribution in [3.63, 3.8) is 0 Å². The number of nitrogens with zero attached hydrogens (tertiary/aromatic N) is 3. The normalized spacial score (nSPS) is 14.8. The van der Waals surface area contributed by atoms with E-state index < -0.39 is 6.10 Å². The number of aliphatic hydroxyl groups excluding tert-OH is 1. The summed E-state index contributed by atoms with van der Waals surface area (Å²) < 4.78 is 1.90. The van der Waals surface area contributed by atoms with Gasteiger partial charge < -0.3 is 19.9 Å². The summed E-state index contributed by atoms with van der Waals surface area (Å²) in [7, 11) is 0. The van der Waals surface area contributed by atoms with E-state index in [1.165, 1.54) is 5.56 Å². The van der Waals surface area contributed by atoms with Crippen LogP contribution in [0.4, 0.5) is 11.6 Å². The molecule has 0 unspecified atom stereocenters. The number of para-hydroxylation sites is 3. The average molecular weight is 364 g/mol. The summed E-state index contributed by atoms with van der Waals surface area (Å²) in [5.74, 6) is 0.654. The number of benzene rings is 2. The van der Waals surface area contributed by atoms with Crippen molar-refractivity contribution in [2.75, 3.05) is 23.3 Å². The minimum atomic E-state index is -0.497. The number of fused-ring (bicyclic) bond motifs is 2. The summed E-state index contributed by atoms with van der Waals surface area (Å²) in [5.41, 5.74) is 3.97. The van der Waals surface area contributed by atoms with Gasteiger partial charge in [-0.15, -0.1) is 0 Å². The van der Waals surface area contributed by atoms with Gasteiger partial charge in [0, 0.05) is 18.8 Å². The molecule has 1 aromatic heterocycles. The molecule has 1 aliphatic rings. The van der Waals surface area contributed by atoms with Crippen molar-refractivity contribution >= 4 is 28.6 Å². The molecule has 0 fully saturated rings. The van der Waals surface area contributed by atoms with Crippen LogP contribution in [0.25, 0.3) is 11.0 Å². The molecule has 0 aliphatic carbocycles. The fraction of sp³-hybridized carbons (Fsp3) is 0.333. The Labute approximate surface area is 158 Å². The third-order valence-corrected chi connectivity index (χ3v) is 4.91. The molecule has 1 aliphatic heterocycles. The summed E-state index contributed by atoms with van der Waals surface area (Å²) in [6.07, 6.45) is 1.48. The summed E-state index contributed by atoms with van der Waals surface area (Å²) in [6, 6.07) is 15.9. The number of nitrogens with one attached hydrogen (secondary N) is 1. The summed E-state index contributed by atoms with van der Waals surface area (Å²) in [6.45, 7) is 3.04. The van der Waals surface area contributed by atoms with Crippen LogP contribution in [0.5, 0.6) is 0 Å². The molecule has 3 aromatic rings. The number of hydrogen-bond donors (Lipinski definition) is 2. The highest BCUT2D eigenvalue weighted by Crippen LogP contribution is 2.28. The molecule has 27 heavy (non-hydrogen) atoms. The number of imidazole rings is 1. The lowest BCUT2D eigenvalue weighted by atomic mass is 10.0. The van der Waals surface area contributed by atoms with Gasteiger partial charge in [-0.25, -0.2) is 4.98 Å². The van der Waals surface area contributed by atoms with Gasteiger partial charge in [-0.05, 0) is 43.5 Å². The van der Waals surface area contributed by atoms with Crippen molar-refractivity contribution in [1.82, 2.24) is 9.55 Å². The van der Waals surface area contributed by atoms with Crippen molar-refractivity contribution in [1.29, 1.82) is 0 Å². The van der Waals surface area contributed by atoms with E-state index in [-0.39, 0.29) is 12.5 Å². The topological polar surface area (TPSA) is 70.4 Å². The Hall–Kier alpha value is -2.86. The van der Waals surface area contributed by atoms with E-state index in [0.29, 0.717) is 12.5 Å². The van der Waals surface area contributed by atoms with E-state index in [9.17, 15) is 9.90 Å². The molecule has 0 saturated carbocycles. The second-order valence-corrected chi connectivity index (χ2v) is 7.02. The maximum Gasteiger partial charge on any atom is 0.247 e. The van der Waals surface area contributed by atoms with Gasteiger partial charge >= 0.3 is 0 Å². The van der Waals surface area contributed by atoms with Crippen LogP contribution >= 0.6 is 0 Å². The molecule has 140 valence electrons. The Bertz CT molecular complexity index is 964. The molecule has 6 heteroatoms. The number of hydrogen-bond acceptors (Lipinski definition) is 4. The second kappa shape index (κ2) is 7.40. The molecule has 2 heterocycles. The first-order chi connectivity index (χ1) is 13.1. The van der Waals surface area contributed by atoms with E-state index in [2.05, 4.69) is 16.4 Å². The van der Waals surface area contributed by atoms with Gasteiger partial charge in [0.2, 0.25) is 11.9 Å². The number of carbonyl (C=O) groups excluding carboxylic acids is 1. The molecule has 4 rings (SSSR count). The monoisotopic (exact) mass is 364 g/mol. The van der Waals surface area contributed by atoms with Crippen LogP contribution in [-0.4, -0.2) is 39.8 Å². The number of anilines is 2. The van der Waals surface area contributed by atoms with Gasteiger partial charge in [0.15, 0.2) is 0 Å². The molecule has 0 spiro atoms. The van der Waals surface area contributed by atoms with E-state index in [1.807, 2.05) is 51.9 Å². The van der Waals surface area contributed by atoms with E-state index in [4.69, 9.17) is 0 Å². The van der Waals surface area contributed by atoms with Gasteiger partial charge in [0.25, 0.3) is 0 Å². The molecule has 2 N–H and O–H groups in total. The lowest BCUT2D eigenvalue weighted by Gasteiger charge is -2.29.